The van der Waals surface area contributed by atoms with Gasteiger partial charge in [-0.2, -0.15) is 0 Å². The van der Waals surface area contributed by atoms with Crippen LogP contribution in [0, 0.1) is 12.0 Å². The molecular formula is C15H19Si. The smallest absolute Gasteiger partial charge is 0.0136 e. The first kappa shape index (κ1) is 11.5. The summed E-state index contributed by atoms with van der Waals surface area (Å²) in [6, 6.07) is 0. The predicted molar refractivity (Wildman–Crippen MR) is 74.0 cm³/mol. The third kappa shape index (κ3) is 1.73. The summed E-state index contributed by atoms with van der Waals surface area (Å²) in [5, 5.41) is 1.57. The van der Waals surface area contributed by atoms with Gasteiger partial charge in [0.1, 0.15) is 0 Å². The highest BCUT2D eigenvalue weighted by Gasteiger charge is 2.24. The van der Waals surface area contributed by atoms with E-state index in [1.54, 1.807) is 5.17 Å². The van der Waals surface area contributed by atoms with Crippen molar-refractivity contribution in [2.24, 2.45) is 5.92 Å². The van der Waals surface area contributed by atoms with Gasteiger partial charge < -0.3 is 0 Å². The van der Waals surface area contributed by atoms with E-state index in [-0.39, 0.29) is 8.41 Å². The maximum absolute atomic E-state index is 3.52. The molecule has 0 saturated heterocycles. The summed E-state index contributed by atoms with van der Waals surface area (Å²) in [4.78, 5) is 0. The number of rotatable bonds is 1. The standard InChI is InChI=1S/C15H19Si/c1-10-9-11(2)15(12(10)3)13-7-6-8-14(13)16(4)5/h6-8,11H,1-5H3. The van der Waals surface area contributed by atoms with E-state index in [0.717, 1.165) is 0 Å². The maximum Gasteiger partial charge on any atom is 0.0136 e. The molecule has 16 heavy (non-hydrogen) atoms. The Bertz CT molecular complexity index is 478. The topological polar surface area (TPSA) is 0 Å². The van der Waals surface area contributed by atoms with Gasteiger partial charge >= 0.3 is 0 Å². The molecule has 0 heterocycles. The van der Waals surface area contributed by atoms with Crippen LogP contribution in [0.3, 0.4) is 0 Å². The van der Waals surface area contributed by atoms with Crippen molar-refractivity contribution in [3.63, 3.8) is 0 Å². The molecular weight excluding hydrogens is 208 g/mol. The van der Waals surface area contributed by atoms with Crippen LogP contribution in [0.2, 0.25) is 13.1 Å². The van der Waals surface area contributed by atoms with Crippen molar-refractivity contribution in [3.8, 4) is 0 Å². The third-order valence-corrected chi connectivity index (χ3v) is 4.99. The van der Waals surface area contributed by atoms with Gasteiger partial charge in [0, 0.05) is 14.3 Å². The fourth-order valence-electron chi connectivity index (χ4n) is 2.56. The molecule has 83 valence electrons. The summed E-state index contributed by atoms with van der Waals surface area (Å²) < 4.78 is 0. The monoisotopic (exact) mass is 227 g/mol. The molecule has 0 nitrogen and oxygen atoms in total. The lowest BCUT2D eigenvalue weighted by atomic mass is 9.93. The highest BCUT2D eigenvalue weighted by atomic mass is 28.2. The van der Waals surface area contributed by atoms with Gasteiger partial charge in [-0.1, -0.05) is 38.2 Å². The Morgan fingerprint density at radius 2 is 1.94 bits per heavy atom. The molecule has 0 aliphatic heterocycles. The summed E-state index contributed by atoms with van der Waals surface area (Å²) in [6.45, 7) is 11.4. The van der Waals surface area contributed by atoms with Crippen LogP contribution in [0.25, 0.3) is 0 Å². The van der Waals surface area contributed by atoms with Crippen LogP contribution in [0.15, 0.2) is 40.5 Å². The molecule has 0 amide bonds. The molecule has 0 fully saturated rings. The normalized spacial score (nSPS) is 24.1. The van der Waals surface area contributed by atoms with Gasteiger partial charge in [-0.15, -0.1) is 0 Å². The van der Waals surface area contributed by atoms with E-state index < -0.39 is 0 Å². The predicted octanol–water partition coefficient (Wildman–Crippen LogP) is 3.71. The number of hydrogen-bond donors (Lipinski definition) is 0. The minimum atomic E-state index is -0.370. The minimum Gasteiger partial charge on any atom is -0.0615 e. The Balaban J connectivity index is 2.47. The zero-order chi connectivity index (χ0) is 11.9. The molecule has 0 spiro atoms. The summed E-state index contributed by atoms with van der Waals surface area (Å²) in [5.74, 6) is 0.461. The molecule has 1 radical (unpaired) electrons. The highest BCUT2D eigenvalue weighted by molar-refractivity contribution is 6.74. The first-order chi connectivity index (χ1) is 7.52. The van der Waals surface area contributed by atoms with Gasteiger partial charge in [0.2, 0.25) is 0 Å². The second-order valence-electron chi connectivity index (χ2n) is 4.88. The zero-order valence-corrected chi connectivity index (χ0v) is 11.8. The minimum absolute atomic E-state index is 0.370. The Hall–Kier alpha value is -0.953. The summed E-state index contributed by atoms with van der Waals surface area (Å²) in [6.07, 6.45) is 10.3. The van der Waals surface area contributed by atoms with Gasteiger partial charge in [-0.25, -0.2) is 0 Å². The average molecular weight is 227 g/mol. The molecule has 2 rings (SSSR count). The third-order valence-electron chi connectivity index (χ3n) is 3.48. The zero-order valence-electron chi connectivity index (χ0n) is 10.8. The average Bonchev–Trinajstić information content (AvgIpc) is 2.73. The van der Waals surface area contributed by atoms with E-state index >= 15 is 0 Å². The quantitative estimate of drug-likeness (QED) is 0.599. The molecule has 1 atom stereocenters. The molecule has 0 N–H and O–H groups in total. The van der Waals surface area contributed by atoms with E-state index in [1.807, 2.05) is 0 Å². The summed E-state index contributed by atoms with van der Waals surface area (Å²) in [5.41, 5.74) is 5.75. The lowest BCUT2D eigenvalue weighted by molar-refractivity contribution is 0.872. The van der Waals surface area contributed by atoms with Crippen LogP contribution in [0.1, 0.15) is 20.8 Å². The van der Waals surface area contributed by atoms with Crippen LogP contribution < -0.4 is 0 Å². The molecule has 0 aromatic carbocycles. The van der Waals surface area contributed by atoms with Crippen molar-refractivity contribution < 1.29 is 0 Å². The van der Waals surface area contributed by atoms with Crippen molar-refractivity contribution >= 4 is 13.6 Å². The summed E-state index contributed by atoms with van der Waals surface area (Å²) in [7, 11) is -0.370. The number of allylic oxidation sites excluding steroid dienone is 8. The Kier molecular flexibility index (Phi) is 2.98. The first-order valence-corrected chi connectivity index (χ1v) is 8.40. The second-order valence-corrected chi connectivity index (χ2v) is 7.42. The Morgan fingerprint density at radius 1 is 1.25 bits per heavy atom. The van der Waals surface area contributed by atoms with Gasteiger partial charge in [-0.05, 0) is 47.4 Å². The Morgan fingerprint density at radius 3 is 2.44 bits per heavy atom. The molecule has 1 unspecified atom stereocenters. The fraction of sp³-hybridized carbons (Fsp3) is 0.400. The van der Waals surface area contributed by atoms with Crippen LogP contribution in [0.5, 0.6) is 0 Å². The van der Waals surface area contributed by atoms with Crippen LogP contribution in [0.4, 0.5) is 0 Å². The fourth-order valence-corrected chi connectivity index (χ4v) is 3.74. The van der Waals surface area contributed by atoms with Crippen molar-refractivity contribution in [3.05, 3.63) is 46.6 Å². The van der Waals surface area contributed by atoms with Crippen LogP contribution in [-0.2, 0) is 0 Å². The maximum atomic E-state index is 3.52. The second kappa shape index (κ2) is 4.14. The molecule has 2 aliphatic rings. The van der Waals surface area contributed by atoms with Gasteiger partial charge in [0.15, 0.2) is 0 Å². The molecule has 0 aromatic heterocycles. The van der Waals surface area contributed by atoms with Gasteiger partial charge in [0.25, 0.3) is 0 Å². The van der Waals surface area contributed by atoms with E-state index in [9.17, 15) is 0 Å². The first-order valence-electron chi connectivity index (χ1n) is 5.90. The van der Waals surface area contributed by atoms with Crippen molar-refractivity contribution in [1.29, 1.82) is 0 Å². The summed E-state index contributed by atoms with van der Waals surface area (Å²) >= 11 is 0. The lowest BCUT2D eigenvalue weighted by Gasteiger charge is -2.15. The van der Waals surface area contributed by atoms with Crippen molar-refractivity contribution in [1.82, 2.24) is 0 Å². The van der Waals surface area contributed by atoms with Crippen molar-refractivity contribution in [2.75, 3.05) is 0 Å². The van der Waals surface area contributed by atoms with Gasteiger partial charge in [-0.3, -0.25) is 0 Å². The van der Waals surface area contributed by atoms with Crippen LogP contribution >= 0.6 is 0 Å². The lowest BCUT2D eigenvalue weighted by Crippen LogP contribution is -2.12. The van der Waals surface area contributed by atoms with E-state index in [2.05, 4.69) is 58.2 Å². The van der Waals surface area contributed by atoms with E-state index in [0.29, 0.717) is 5.92 Å². The number of hydrogen-bond acceptors (Lipinski definition) is 0. The Labute approximate surface area is 100 Å². The molecule has 1 heteroatoms. The van der Waals surface area contributed by atoms with E-state index in [4.69, 9.17) is 0 Å². The van der Waals surface area contributed by atoms with E-state index in [1.165, 1.54) is 22.3 Å². The molecule has 0 saturated carbocycles. The van der Waals surface area contributed by atoms with Crippen molar-refractivity contribution in [2.45, 2.75) is 33.9 Å². The molecule has 2 aliphatic carbocycles. The van der Waals surface area contributed by atoms with Crippen LogP contribution in [-0.4, -0.2) is 13.6 Å². The largest absolute Gasteiger partial charge is 0.0615 e. The molecule has 0 bridgehead atoms. The molecule has 0 aromatic rings. The highest BCUT2D eigenvalue weighted by Crippen LogP contribution is 2.36. The SMILES string of the molecule is CC1=[C]C(C)C(C2=CC=CC2=[Si](C)C)=C1C. The van der Waals surface area contributed by atoms with Gasteiger partial charge in [0.05, 0.1) is 0 Å².